The second kappa shape index (κ2) is 5.14. The van der Waals surface area contributed by atoms with Crippen molar-refractivity contribution in [2.45, 2.75) is 6.54 Å². The van der Waals surface area contributed by atoms with Crippen molar-refractivity contribution in [1.82, 2.24) is 5.32 Å². The van der Waals surface area contributed by atoms with Crippen LogP contribution in [0.2, 0.25) is 0 Å². The van der Waals surface area contributed by atoms with Crippen molar-refractivity contribution in [3.05, 3.63) is 58.2 Å². The number of nitrogens with one attached hydrogen (secondary N) is 1. The van der Waals surface area contributed by atoms with Crippen molar-refractivity contribution in [2.24, 2.45) is 0 Å². The summed E-state index contributed by atoms with van der Waals surface area (Å²) in [5, 5.41) is 2.61. The Labute approximate surface area is 106 Å². The molecule has 0 unspecified atom stereocenters. The van der Waals surface area contributed by atoms with E-state index in [4.69, 9.17) is 4.42 Å². The molecule has 0 spiro atoms. The van der Waals surface area contributed by atoms with E-state index in [0.717, 1.165) is 0 Å². The Morgan fingerprint density at radius 1 is 1.35 bits per heavy atom. The predicted molar refractivity (Wildman–Crippen MR) is 64.0 cm³/mol. The van der Waals surface area contributed by atoms with Crippen LogP contribution in [0.25, 0.3) is 0 Å². The molecule has 1 aromatic carbocycles. The fraction of sp³-hybridized carbons (Fsp3) is 0.0833. The van der Waals surface area contributed by atoms with Crippen molar-refractivity contribution in [1.29, 1.82) is 0 Å². The smallest absolute Gasteiger partial charge is 0.256 e. The molecule has 88 valence electrons. The Hall–Kier alpha value is -1.62. The van der Waals surface area contributed by atoms with Crippen molar-refractivity contribution in [3.63, 3.8) is 0 Å². The van der Waals surface area contributed by atoms with Gasteiger partial charge >= 0.3 is 0 Å². The van der Waals surface area contributed by atoms with E-state index in [2.05, 4.69) is 21.2 Å². The molecule has 1 aromatic heterocycles. The van der Waals surface area contributed by atoms with Crippen molar-refractivity contribution < 1.29 is 13.6 Å². The van der Waals surface area contributed by atoms with Gasteiger partial charge in [-0.15, -0.1) is 0 Å². The highest BCUT2D eigenvalue weighted by molar-refractivity contribution is 9.10. The first-order valence-electron chi connectivity index (χ1n) is 4.93. The molecule has 2 rings (SSSR count). The monoisotopic (exact) mass is 297 g/mol. The van der Waals surface area contributed by atoms with Gasteiger partial charge in [-0.1, -0.05) is 18.2 Å². The van der Waals surface area contributed by atoms with Crippen LogP contribution in [0, 0.1) is 5.82 Å². The Morgan fingerprint density at radius 3 is 2.76 bits per heavy atom. The van der Waals surface area contributed by atoms with Gasteiger partial charge in [0.05, 0.1) is 11.8 Å². The first-order chi connectivity index (χ1) is 8.18. The third-order valence-corrected chi connectivity index (χ3v) is 2.87. The zero-order valence-electron chi connectivity index (χ0n) is 8.74. The summed E-state index contributed by atoms with van der Waals surface area (Å²) >= 11 is 3.11. The molecule has 5 heteroatoms. The fourth-order valence-corrected chi connectivity index (χ4v) is 1.79. The summed E-state index contributed by atoms with van der Waals surface area (Å²) < 4.78 is 18.6. The van der Waals surface area contributed by atoms with Crippen LogP contribution in [0.5, 0.6) is 0 Å². The minimum Gasteiger partial charge on any atom is -0.457 e. The maximum absolute atomic E-state index is 13.3. The van der Waals surface area contributed by atoms with Crippen LogP contribution in [0.4, 0.5) is 4.39 Å². The summed E-state index contributed by atoms with van der Waals surface area (Å²) in [5.41, 5.74) is 0.835. The second-order valence-corrected chi connectivity index (χ2v) is 4.10. The zero-order chi connectivity index (χ0) is 12.3. The van der Waals surface area contributed by atoms with Crippen molar-refractivity contribution in [3.8, 4) is 0 Å². The molecule has 0 saturated heterocycles. The molecular formula is C12H9BrFNO2. The van der Waals surface area contributed by atoms with E-state index in [1.165, 1.54) is 12.3 Å². The summed E-state index contributed by atoms with van der Waals surface area (Å²) in [6.07, 6.45) is 1.40. The van der Waals surface area contributed by atoms with Crippen LogP contribution in [-0.2, 0) is 6.54 Å². The van der Waals surface area contributed by atoms with Crippen LogP contribution in [-0.4, -0.2) is 5.91 Å². The van der Waals surface area contributed by atoms with Gasteiger partial charge in [0.2, 0.25) is 0 Å². The zero-order valence-corrected chi connectivity index (χ0v) is 10.3. The predicted octanol–water partition coefficient (Wildman–Crippen LogP) is 3.11. The number of hydrogen-bond acceptors (Lipinski definition) is 2. The van der Waals surface area contributed by atoms with E-state index in [9.17, 15) is 9.18 Å². The van der Waals surface area contributed by atoms with Crippen molar-refractivity contribution in [2.75, 3.05) is 0 Å². The van der Waals surface area contributed by atoms with Gasteiger partial charge in [-0.2, -0.15) is 0 Å². The van der Waals surface area contributed by atoms with E-state index in [0.29, 0.717) is 15.8 Å². The molecule has 1 amide bonds. The molecular weight excluding hydrogens is 289 g/mol. The molecule has 2 aromatic rings. The summed E-state index contributed by atoms with van der Waals surface area (Å²) in [6.45, 7) is 0.142. The second-order valence-electron chi connectivity index (χ2n) is 3.38. The molecule has 0 aliphatic rings. The average molecular weight is 298 g/mol. The third kappa shape index (κ3) is 2.74. The van der Waals surface area contributed by atoms with Crippen LogP contribution < -0.4 is 5.32 Å². The van der Waals surface area contributed by atoms with Crippen LogP contribution >= 0.6 is 15.9 Å². The van der Waals surface area contributed by atoms with Crippen LogP contribution in [0.15, 0.2) is 45.7 Å². The Bertz CT molecular complexity index is 539. The Morgan fingerprint density at radius 2 is 2.12 bits per heavy atom. The third-order valence-electron chi connectivity index (χ3n) is 2.26. The number of amides is 1. The number of carbonyl (C=O) groups excluding carboxylic acids is 1. The molecule has 0 atom stereocenters. The van der Waals surface area contributed by atoms with E-state index in [1.54, 1.807) is 24.3 Å². The number of halogens is 2. The van der Waals surface area contributed by atoms with E-state index < -0.39 is 0 Å². The molecule has 3 nitrogen and oxygen atoms in total. The van der Waals surface area contributed by atoms with Gasteiger partial charge in [0.1, 0.15) is 5.82 Å². The van der Waals surface area contributed by atoms with Gasteiger partial charge in [-0.3, -0.25) is 4.79 Å². The molecule has 0 bridgehead atoms. The fourth-order valence-electron chi connectivity index (χ4n) is 1.37. The topological polar surface area (TPSA) is 42.2 Å². The van der Waals surface area contributed by atoms with Gasteiger partial charge in [0, 0.05) is 12.1 Å². The number of hydrogen-bond donors (Lipinski definition) is 1. The molecule has 0 aliphatic carbocycles. The Kier molecular flexibility index (Phi) is 3.58. The molecule has 1 N–H and O–H groups in total. The lowest BCUT2D eigenvalue weighted by Crippen LogP contribution is -2.23. The van der Waals surface area contributed by atoms with E-state index in [-0.39, 0.29) is 18.3 Å². The molecule has 0 fully saturated rings. The Balaban J connectivity index is 2.02. The van der Waals surface area contributed by atoms with Gasteiger partial charge in [-0.25, -0.2) is 4.39 Å². The molecule has 0 saturated carbocycles. The molecule has 1 heterocycles. The summed E-state index contributed by atoms with van der Waals surface area (Å²) in [4.78, 5) is 11.7. The number of furan rings is 1. The van der Waals surface area contributed by atoms with Gasteiger partial charge in [0.25, 0.3) is 5.91 Å². The molecule has 0 aliphatic heterocycles. The molecule has 0 radical (unpaired) electrons. The van der Waals surface area contributed by atoms with Gasteiger partial charge in [-0.05, 0) is 28.1 Å². The summed E-state index contributed by atoms with van der Waals surface area (Å²) in [6, 6.07) is 7.85. The highest BCUT2D eigenvalue weighted by atomic mass is 79.9. The van der Waals surface area contributed by atoms with Crippen LogP contribution in [0.1, 0.15) is 15.9 Å². The molecule has 17 heavy (non-hydrogen) atoms. The largest absolute Gasteiger partial charge is 0.457 e. The normalized spacial score (nSPS) is 10.2. The number of carbonyl (C=O) groups is 1. The summed E-state index contributed by atoms with van der Waals surface area (Å²) in [5.74, 6) is -0.645. The highest BCUT2D eigenvalue weighted by Crippen LogP contribution is 2.17. The lowest BCUT2D eigenvalue weighted by Gasteiger charge is -2.05. The first kappa shape index (κ1) is 11.9. The minimum atomic E-state index is -0.334. The number of benzene rings is 1. The SMILES string of the molecule is O=C(NCc1ccccc1F)c1ccoc1Br. The van der Waals surface area contributed by atoms with Crippen LogP contribution in [0.3, 0.4) is 0 Å². The maximum Gasteiger partial charge on any atom is 0.256 e. The lowest BCUT2D eigenvalue weighted by molar-refractivity contribution is 0.0949. The quantitative estimate of drug-likeness (QED) is 0.946. The highest BCUT2D eigenvalue weighted by Gasteiger charge is 2.12. The first-order valence-corrected chi connectivity index (χ1v) is 5.72. The minimum absolute atomic E-state index is 0.142. The van der Waals surface area contributed by atoms with Gasteiger partial charge < -0.3 is 9.73 Å². The van der Waals surface area contributed by atoms with E-state index in [1.807, 2.05) is 0 Å². The standard InChI is InChI=1S/C12H9BrFNO2/c13-11-9(5-6-17-11)12(16)15-7-8-3-1-2-4-10(8)14/h1-6H,7H2,(H,15,16). The van der Waals surface area contributed by atoms with Gasteiger partial charge in [0.15, 0.2) is 4.67 Å². The summed E-state index contributed by atoms with van der Waals surface area (Å²) in [7, 11) is 0. The number of rotatable bonds is 3. The maximum atomic E-state index is 13.3. The average Bonchev–Trinajstić information content (AvgIpc) is 2.74. The van der Waals surface area contributed by atoms with E-state index >= 15 is 0 Å². The lowest BCUT2D eigenvalue weighted by atomic mass is 10.2. The van der Waals surface area contributed by atoms with Crippen molar-refractivity contribution >= 4 is 21.8 Å².